The van der Waals surface area contributed by atoms with E-state index in [2.05, 4.69) is 12.2 Å². The summed E-state index contributed by atoms with van der Waals surface area (Å²) in [6.45, 7) is 2.69. The Hall–Kier alpha value is -3.45. The Balaban J connectivity index is 1.76. The molecule has 1 N–H and O–H groups in total. The molecular weight excluding hydrogens is 406 g/mol. The number of carbonyl (C=O) groups is 2. The first-order chi connectivity index (χ1) is 14.4. The fourth-order valence-electron chi connectivity index (χ4n) is 3.73. The van der Waals surface area contributed by atoms with Gasteiger partial charge in [-0.3, -0.25) is 19.7 Å². The first-order valence-electron chi connectivity index (χ1n) is 9.55. The fraction of sp³-hybridized carbons (Fsp3) is 0.182. The minimum absolute atomic E-state index is 0.0574. The van der Waals surface area contributed by atoms with Crippen LogP contribution in [0.25, 0.3) is 10.8 Å². The Morgan fingerprint density at radius 2 is 2.00 bits per heavy atom. The average Bonchev–Trinajstić information content (AvgIpc) is 3.00. The molecule has 0 aromatic heterocycles. The van der Waals surface area contributed by atoms with Crippen molar-refractivity contribution in [2.24, 2.45) is 0 Å². The number of nitro benzene ring substituents is 1. The summed E-state index contributed by atoms with van der Waals surface area (Å²) in [5.41, 5.74) is 1.41. The van der Waals surface area contributed by atoms with Crippen molar-refractivity contribution in [3.8, 4) is 0 Å². The maximum absolute atomic E-state index is 12.8. The molecule has 0 fully saturated rings. The van der Waals surface area contributed by atoms with Gasteiger partial charge in [-0.05, 0) is 36.8 Å². The molecule has 0 saturated carbocycles. The van der Waals surface area contributed by atoms with E-state index >= 15 is 0 Å². The molecule has 1 heterocycles. The van der Waals surface area contributed by atoms with E-state index in [0.29, 0.717) is 23.2 Å². The second-order valence-electron chi connectivity index (χ2n) is 7.04. The predicted octanol–water partition coefficient (Wildman–Crippen LogP) is 5.41. The number of nitrogens with zero attached hydrogens (tertiary/aromatic N) is 2. The number of halogens is 1. The van der Waals surface area contributed by atoms with Crippen molar-refractivity contribution in [3.63, 3.8) is 0 Å². The summed E-state index contributed by atoms with van der Waals surface area (Å²) in [6, 6.07) is 12.7. The Kier molecular flexibility index (Phi) is 5.13. The van der Waals surface area contributed by atoms with E-state index < -0.39 is 10.8 Å². The zero-order valence-electron chi connectivity index (χ0n) is 16.1. The van der Waals surface area contributed by atoms with Crippen molar-refractivity contribution in [3.05, 3.63) is 74.8 Å². The summed E-state index contributed by atoms with van der Waals surface area (Å²) in [7, 11) is 0. The third-order valence-corrected chi connectivity index (χ3v) is 5.40. The van der Waals surface area contributed by atoms with Crippen LogP contribution in [-0.4, -0.2) is 23.3 Å². The van der Waals surface area contributed by atoms with Gasteiger partial charge in [-0.15, -0.1) is 0 Å². The lowest BCUT2D eigenvalue weighted by atomic mass is 10.0. The maximum atomic E-state index is 12.8. The van der Waals surface area contributed by atoms with Crippen LogP contribution < -0.4 is 10.2 Å². The molecule has 3 aromatic carbocycles. The molecule has 30 heavy (non-hydrogen) atoms. The highest BCUT2D eigenvalue weighted by molar-refractivity contribution is 6.31. The smallest absolute Gasteiger partial charge is 0.282 e. The van der Waals surface area contributed by atoms with Crippen LogP contribution in [0, 0.1) is 10.1 Å². The van der Waals surface area contributed by atoms with Crippen LogP contribution in [0.4, 0.5) is 17.1 Å². The molecule has 3 aromatic rings. The van der Waals surface area contributed by atoms with E-state index in [-0.39, 0.29) is 22.2 Å². The Bertz CT molecular complexity index is 1210. The molecule has 1 aliphatic heterocycles. The third kappa shape index (κ3) is 3.27. The van der Waals surface area contributed by atoms with Crippen molar-refractivity contribution >= 4 is 51.2 Å². The number of nitro groups is 1. The minimum Gasteiger partial charge on any atom is -0.321 e. The second-order valence-corrected chi connectivity index (χ2v) is 7.48. The first kappa shape index (κ1) is 19.8. The zero-order chi connectivity index (χ0) is 21.4. The quantitative estimate of drug-likeness (QED) is 0.423. The summed E-state index contributed by atoms with van der Waals surface area (Å²) >= 11 is 5.94. The number of rotatable bonds is 6. The van der Waals surface area contributed by atoms with Gasteiger partial charge in [-0.2, -0.15) is 0 Å². The number of anilines is 2. The predicted molar refractivity (Wildman–Crippen MR) is 117 cm³/mol. The highest BCUT2D eigenvalue weighted by Gasteiger charge is 2.30. The Labute approximate surface area is 177 Å². The van der Waals surface area contributed by atoms with Crippen LogP contribution in [0.3, 0.4) is 0 Å². The lowest BCUT2D eigenvalue weighted by Crippen LogP contribution is -2.27. The molecule has 0 saturated heterocycles. The fourth-order valence-corrected chi connectivity index (χ4v) is 3.90. The number of nitrogens with one attached hydrogen (secondary N) is 1. The van der Waals surface area contributed by atoms with Crippen LogP contribution in [0.1, 0.15) is 40.5 Å². The minimum atomic E-state index is -0.642. The molecule has 7 nitrogen and oxygen atoms in total. The summed E-state index contributed by atoms with van der Waals surface area (Å²) in [5.74, 6) is -0.699. The molecule has 0 bridgehead atoms. The van der Waals surface area contributed by atoms with Crippen molar-refractivity contribution in [1.82, 2.24) is 0 Å². The highest BCUT2D eigenvalue weighted by Crippen LogP contribution is 2.41. The lowest BCUT2D eigenvalue weighted by molar-refractivity contribution is -0.385. The molecule has 0 spiro atoms. The van der Waals surface area contributed by atoms with Crippen molar-refractivity contribution in [2.45, 2.75) is 19.8 Å². The molecule has 0 radical (unpaired) electrons. The van der Waals surface area contributed by atoms with Crippen molar-refractivity contribution in [1.29, 1.82) is 0 Å². The highest BCUT2D eigenvalue weighted by atomic mass is 35.5. The van der Waals surface area contributed by atoms with Crippen LogP contribution in [0.15, 0.2) is 48.5 Å². The number of hydrogen-bond donors (Lipinski definition) is 1. The molecule has 152 valence electrons. The number of carbonyl (C=O) groups excluding carboxylic acids is 2. The molecule has 8 heteroatoms. The standard InChI is InChI=1S/C22H18ClN3O4/c1-2-3-11-25-19-10-8-17(14-5-4-6-15(20(14)19)22(25)28)24-21(27)16-12-13(23)7-9-18(16)26(29)30/h4-10,12H,2-3,11H2,1H3,(H,24,27). The van der Waals surface area contributed by atoms with Gasteiger partial charge >= 0.3 is 0 Å². The van der Waals surface area contributed by atoms with E-state index in [1.807, 2.05) is 6.07 Å². The largest absolute Gasteiger partial charge is 0.321 e. The number of amides is 2. The van der Waals surface area contributed by atoms with E-state index in [9.17, 15) is 19.7 Å². The van der Waals surface area contributed by atoms with Gasteiger partial charge in [-0.1, -0.05) is 37.1 Å². The molecule has 1 aliphatic rings. The number of hydrogen-bond acceptors (Lipinski definition) is 4. The lowest BCUT2D eigenvalue weighted by Gasteiger charge is -2.17. The van der Waals surface area contributed by atoms with Gasteiger partial charge in [0, 0.05) is 39.7 Å². The summed E-state index contributed by atoms with van der Waals surface area (Å²) in [5, 5.41) is 15.7. The van der Waals surface area contributed by atoms with Gasteiger partial charge in [-0.25, -0.2) is 0 Å². The summed E-state index contributed by atoms with van der Waals surface area (Å²) in [4.78, 5) is 38.1. The van der Waals surface area contributed by atoms with E-state index in [0.717, 1.165) is 23.9 Å². The van der Waals surface area contributed by atoms with E-state index in [1.165, 1.54) is 18.2 Å². The number of unbranched alkanes of at least 4 members (excludes halogenated alkanes) is 1. The second kappa shape index (κ2) is 7.76. The Morgan fingerprint density at radius 3 is 2.73 bits per heavy atom. The average molecular weight is 424 g/mol. The van der Waals surface area contributed by atoms with Gasteiger partial charge in [0.05, 0.1) is 10.6 Å². The van der Waals surface area contributed by atoms with Crippen LogP contribution in [-0.2, 0) is 0 Å². The van der Waals surface area contributed by atoms with Crippen LogP contribution in [0.2, 0.25) is 5.02 Å². The summed E-state index contributed by atoms with van der Waals surface area (Å²) in [6.07, 6.45) is 1.86. The maximum Gasteiger partial charge on any atom is 0.282 e. The van der Waals surface area contributed by atoms with E-state index in [1.54, 1.807) is 29.2 Å². The van der Waals surface area contributed by atoms with Crippen LogP contribution in [0.5, 0.6) is 0 Å². The molecule has 2 amide bonds. The molecule has 0 unspecified atom stereocenters. The molecular formula is C22H18ClN3O4. The first-order valence-corrected chi connectivity index (χ1v) is 9.93. The number of benzene rings is 3. The van der Waals surface area contributed by atoms with Gasteiger partial charge in [0.1, 0.15) is 5.56 Å². The van der Waals surface area contributed by atoms with Gasteiger partial charge < -0.3 is 10.2 Å². The molecule has 0 atom stereocenters. The van der Waals surface area contributed by atoms with Crippen LogP contribution >= 0.6 is 11.6 Å². The van der Waals surface area contributed by atoms with Gasteiger partial charge in [0.2, 0.25) is 0 Å². The molecule has 0 aliphatic carbocycles. The van der Waals surface area contributed by atoms with Crippen molar-refractivity contribution in [2.75, 3.05) is 16.8 Å². The SMILES string of the molecule is CCCCN1C(=O)c2cccc3c(NC(=O)c4cc(Cl)ccc4[N+](=O)[O-])ccc1c23. The monoisotopic (exact) mass is 423 g/mol. The third-order valence-electron chi connectivity index (χ3n) is 5.17. The molecule has 4 rings (SSSR count). The Morgan fingerprint density at radius 1 is 1.20 bits per heavy atom. The normalized spacial score (nSPS) is 12.5. The van der Waals surface area contributed by atoms with E-state index in [4.69, 9.17) is 11.6 Å². The van der Waals surface area contributed by atoms with Gasteiger partial charge in [0.15, 0.2) is 0 Å². The zero-order valence-corrected chi connectivity index (χ0v) is 16.9. The van der Waals surface area contributed by atoms with Gasteiger partial charge in [0.25, 0.3) is 17.5 Å². The van der Waals surface area contributed by atoms with Crippen molar-refractivity contribution < 1.29 is 14.5 Å². The summed E-state index contributed by atoms with van der Waals surface area (Å²) < 4.78 is 0. The topological polar surface area (TPSA) is 92.6 Å².